The summed E-state index contributed by atoms with van der Waals surface area (Å²) in [6.45, 7) is 2.92. The number of benzene rings is 1. The lowest BCUT2D eigenvalue weighted by Gasteiger charge is -2.14. The Morgan fingerprint density at radius 3 is 2.87 bits per heavy atom. The number of thioether (sulfide) groups is 1. The Labute approximate surface area is 190 Å². The van der Waals surface area contributed by atoms with Gasteiger partial charge < -0.3 is 10.1 Å². The number of thiophene rings is 1. The van der Waals surface area contributed by atoms with Gasteiger partial charge in [-0.1, -0.05) is 36.4 Å². The van der Waals surface area contributed by atoms with Crippen molar-refractivity contribution in [3.63, 3.8) is 0 Å². The van der Waals surface area contributed by atoms with Crippen molar-refractivity contribution in [2.45, 2.75) is 44.2 Å². The molecule has 1 aliphatic carbocycles. The number of ether oxygens (including phenoxy) is 1. The van der Waals surface area contributed by atoms with Gasteiger partial charge in [0.15, 0.2) is 5.16 Å². The van der Waals surface area contributed by atoms with Crippen LogP contribution in [-0.2, 0) is 22.4 Å². The molecule has 2 heterocycles. The van der Waals surface area contributed by atoms with Crippen molar-refractivity contribution in [3.8, 4) is 5.69 Å². The largest absolute Gasteiger partial charge is 0.383 e. The first-order valence-electron chi connectivity index (χ1n) is 10.6. The molecule has 164 valence electrons. The van der Waals surface area contributed by atoms with Crippen LogP contribution in [0.25, 0.3) is 15.9 Å². The predicted molar refractivity (Wildman–Crippen MR) is 127 cm³/mol. The fourth-order valence-electron chi connectivity index (χ4n) is 3.96. The van der Waals surface area contributed by atoms with Crippen LogP contribution >= 0.6 is 23.1 Å². The van der Waals surface area contributed by atoms with E-state index in [1.54, 1.807) is 23.0 Å². The van der Waals surface area contributed by atoms with Gasteiger partial charge in [0.2, 0.25) is 5.91 Å². The van der Waals surface area contributed by atoms with Crippen molar-refractivity contribution in [2.24, 2.45) is 0 Å². The van der Waals surface area contributed by atoms with Crippen molar-refractivity contribution in [2.75, 3.05) is 26.0 Å². The quantitative estimate of drug-likeness (QED) is 0.252. The Kier molecular flexibility index (Phi) is 7.09. The van der Waals surface area contributed by atoms with Gasteiger partial charge in [-0.05, 0) is 49.8 Å². The van der Waals surface area contributed by atoms with E-state index in [-0.39, 0.29) is 17.2 Å². The van der Waals surface area contributed by atoms with Crippen LogP contribution in [0.4, 0.5) is 0 Å². The maximum atomic E-state index is 13.8. The average Bonchev–Trinajstić information content (AvgIpc) is 2.94. The number of hydrogen-bond donors (Lipinski definition) is 1. The summed E-state index contributed by atoms with van der Waals surface area (Å²) in [7, 11) is 1.60. The first-order valence-corrected chi connectivity index (χ1v) is 12.4. The molecule has 1 amide bonds. The molecule has 0 spiro atoms. The Bertz CT molecular complexity index is 1150. The number of carbonyl (C=O) groups excluding carboxylic acids is 1. The van der Waals surface area contributed by atoms with Crippen molar-refractivity contribution in [1.82, 2.24) is 14.9 Å². The fourth-order valence-corrected chi connectivity index (χ4v) is 6.10. The number of carbonyl (C=O) groups is 1. The van der Waals surface area contributed by atoms with Crippen LogP contribution in [0.5, 0.6) is 0 Å². The van der Waals surface area contributed by atoms with E-state index in [1.165, 1.54) is 28.6 Å². The van der Waals surface area contributed by atoms with E-state index in [4.69, 9.17) is 9.72 Å². The molecule has 0 bridgehead atoms. The summed E-state index contributed by atoms with van der Waals surface area (Å²) in [4.78, 5) is 33.0. The molecule has 2 aromatic heterocycles. The highest BCUT2D eigenvalue weighted by Gasteiger charge is 2.23. The standard InChI is InChI=1S/C23H27N3O3S2/c1-15-8-6-7-10-17(15)26-22(28)20-16-9-4-3-5-11-18(16)31-21(20)25-23(26)30-14-19(27)24-12-13-29-2/h6-8,10H,3-5,9,11-14H2,1-2H3,(H,24,27). The number of nitrogens with one attached hydrogen (secondary N) is 1. The van der Waals surface area contributed by atoms with Crippen molar-refractivity contribution in [3.05, 3.63) is 50.6 Å². The number of methoxy groups -OCH3 is 1. The minimum absolute atomic E-state index is 0.0269. The topological polar surface area (TPSA) is 73.2 Å². The lowest BCUT2D eigenvalue weighted by molar-refractivity contribution is -0.118. The third-order valence-corrected chi connectivity index (χ3v) is 7.65. The molecule has 0 radical (unpaired) electrons. The Balaban J connectivity index is 1.79. The number of amides is 1. The van der Waals surface area contributed by atoms with Gasteiger partial charge in [0.1, 0.15) is 4.83 Å². The molecule has 0 atom stereocenters. The van der Waals surface area contributed by atoms with Crippen LogP contribution in [0, 0.1) is 6.92 Å². The molecule has 1 N–H and O–H groups in total. The van der Waals surface area contributed by atoms with E-state index in [1.807, 2.05) is 31.2 Å². The zero-order valence-corrected chi connectivity index (χ0v) is 19.5. The minimum Gasteiger partial charge on any atom is -0.383 e. The molecule has 0 unspecified atom stereocenters. The predicted octanol–water partition coefficient (Wildman–Crippen LogP) is 3.88. The minimum atomic E-state index is -0.102. The van der Waals surface area contributed by atoms with Gasteiger partial charge in [-0.25, -0.2) is 4.98 Å². The zero-order valence-electron chi connectivity index (χ0n) is 17.9. The summed E-state index contributed by atoms with van der Waals surface area (Å²) in [6, 6.07) is 7.82. The van der Waals surface area contributed by atoms with Crippen LogP contribution in [0.1, 0.15) is 35.3 Å². The van der Waals surface area contributed by atoms with E-state index in [0.717, 1.165) is 47.2 Å². The molecule has 1 aliphatic rings. The second-order valence-corrected chi connectivity index (χ2v) is 9.72. The second kappa shape index (κ2) is 9.97. The Morgan fingerprint density at radius 1 is 1.26 bits per heavy atom. The molecule has 0 saturated carbocycles. The summed E-state index contributed by atoms with van der Waals surface area (Å²) >= 11 is 2.95. The van der Waals surface area contributed by atoms with Crippen LogP contribution in [-0.4, -0.2) is 41.5 Å². The fraction of sp³-hybridized carbons (Fsp3) is 0.435. The SMILES string of the molecule is COCCNC(=O)CSc1nc2sc3c(c2c(=O)n1-c1ccccc1C)CCCCC3. The normalized spacial score (nSPS) is 13.7. The van der Waals surface area contributed by atoms with Crippen molar-refractivity contribution >= 4 is 39.2 Å². The van der Waals surface area contributed by atoms with Gasteiger partial charge in [-0.15, -0.1) is 11.3 Å². The first kappa shape index (κ1) is 22.0. The van der Waals surface area contributed by atoms with Crippen LogP contribution in [0.2, 0.25) is 0 Å². The Morgan fingerprint density at radius 2 is 2.06 bits per heavy atom. The molecule has 8 heteroatoms. The monoisotopic (exact) mass is 457 g/mol. The highest BCUT2D eigenvalue weighted by molar-refractivity contribution is 7.99. The molecule has 31 heavy (non-hydrogen) atoms. The lowest BCUT2D eigenvalue weighted by atomic mass is 10.1. The molecule has 0 saturated heterocycles. The summed E-state index contributed by atoms with van der Waals surface area (Å²) in [5.41, 5.74) is 2.98. The van der Waals surface area contributed by atoms with Gasteiger partial charge >= 0.3 is 0 Å². The average molecular weight is 458 g/mol. The third kappa shape index (κ3) is 4.71. The maximum Gasteiger partial charge on any atom is 0.267 e. The molecule has 0 fully saturated rings. The number of aromatic nitrogens is 2. The molecule has 0 aliphatic heterocycles. The highest BCUT2D eigenvalue weighted by atomic mass is 32.2. The smallest absolute Gasteiger partial charge is 0.267 e. The van der Waals surface area contributed by atoms with E-state index < -0.39 is 0 Å². The number of aryl methyl sites for hydroxylation is 3. The van der Waals surface area contributed by atoms with Crippen LogP contribution < -0.4 is 10.9 Å². The van der Waals surface area contributed by atoms with Gasteiger partial charge in [-0.2, -0.15) is 0 Å². The number of para-hydroxylation sites is 1. The highest BCUT2D eigenvalue weighted by Crippen LogP contribution is 2.34. The van der Waals surface area contributed by atoms with Gasteiger partial charge in [-0.3, -0.25) is 14.2 Å². The van der Waals surface area contributed by atoms with E-state index in [0.29, 0.717) is 18.3 Å². The van der Waals surface area contributed by atoms with Gasteiger partial charge in [0.05, 0.1) is 23.4 Å². The zero-order chi connectivity index (χ0) is 21.8. The molecule has 1 aromatic carbocycles. The summed E-state index contributed by atoms with van der Waals surface area (Å²) < 4.78 is 6.68. The molecular weight excluding hydrogens is 430 g/mol. The first-order chi connectivity index (χ1) is 15.1. The third-order valence-electron chi connectivity index (χ3n) is 5.53. The molecule has 6 nitrogen and oxygen atoms in total. The Hall–Kier alpha value is -2.16. The van der Waals surface area contributed by atoms with E-state index in [9.17, 15) is 9.59 Å². The molecule has 3 aromatic rings. The van der Waals surface area contributed by atoms with E-state index in [2.05, 4.69) is 5.32 Å². The summed E-state index contributed by atoms with van der Waals surface area (Å²) in [5.74, 6) is 0.0909. The number of nitrogens with zero attached hydrogens (tertiary/aromatic N) is 2. The summed E-state index contributed by atoms with van der Waals surface area (Å²) in [6.07, 6.45) is 5.43. The number of hydrogen-bond acceptors (Lipinski definition) is 6. The summed E-state index contributed by atoms with van der Waals surface area (Å²) in [5, 5.41) is 4.15. The van der Waals surface area contributed by atoms with Gasteiger partial charge in [0, 0.05) is 18.5 Å². The van der Waals surface area contributed by atoms with Crippen molar-refractivity contribution < 1.29 is 9.53 Å². The maximum absolute atomic E-state index is 13.8. The molecule has 4 rings (SSSR count). The second-order valence-electron chi connectivity index (χ2n) is 7.70. The molecular formula is C23H27N3O3S2. The van der Waals surface area contributed by atoms with Crippen LogP contribution in [0.3, 0.4) is 0 Å². The lowest BCUT2D eigenvalue weighted by Crippen LogP contribution is -2.29. The van der Waals surface area contributed by atoms with Crippen LogP contribution in [0.15, 0.2) is 34.2 Å². The van der Waals surface area contributed by atoms with Gasteiger partial charge in [0.25, 0.3) is 5.56 Å². The number of fused-ring (bicyclic) bond motifs is 3. The number of rotatable bonds is 7. The van der Waals surface area contributed by atoms with E-state index >= 15 is 0 Å². The van der Waals surface area contributed by atoms with Crippen molar-refractivity contribution in [1.29, 1.82) is 0 Å².